The molecule has 0 aliphatic carbocycles. The van der Waals surface area contributed by atoms with Crippen molar-refractivity contribution >= 4 is 69.2 Å². The second-order valence-corrected chi connectivity index (χ2v) is 9.81. The summed E-state index contributed by atoms with van der Waals surface area (Å²) in [5, 5.41) is 1.10. The Kier molecular flexibility index (Phi) is 7.29. The second kappa shape index (κ2) is 10.2. The molecule has 0 radical (unpaired) electrons. The molecule has 3 aromatic rings. The molecule has 4 nitrogen and oxygen atoms in total. The standard InChI is InChI=1S/C25H19Cl2NO3S2/c1-15-4-3-5-19(10-15)28-24(29)23(33-25(28)32)12-16-6-9-21(22(11-16)30-2)31-14-17-7-8-18(26)13-20(17)27/h3-13H,14H2,1-2H3/b23-12-. The van der Waals surface area contributed by atoms with E-state index in [2.05, 4.69) is 0 Å². The maximum Gasteiger partial charge on any atom is 0.270 e. The fourth-order valence-electron chi connectivity index (χ4n) is 3.30. The number of thioether (sulfide) groups is 1. The largest absolute Gasteiger partial charge is 0.493 e. The number of benzene rings is 3. The first-order valence-corrected chi connectivity index (χ1v) is 11.9. The summed E-state index contributed by atoms with van der Waals surface area (Å²) < 4.78 is 11.9. The maximum absolute atomic E-state index is 13.0. The van der Waals surface area contributed by atoms with Gasteiger partial charge in [0.15, 0.2) is 15.8 Å². The number of rotatable bonds is 6. The molecule has 1 saturated heterocycles. The van der Waals surface area contributed by atoms with Crippen molar-refractivity contribution in [2.24, 2.45) is 0 Å². The van der Waals surface area contributed by atoms with Crippen LogP contribution in [0.3, 0.4) is 0 Å². The topological polar surface area (TPSA) is 38.8 Å². The van der Waals surface area contributed by atoms with Crippen molar-refractivity contribution in [2.45, 2.75) is 13.5 Å². The Labute approximate surface area is 212 Å². The Hall–Kier alpha value is -2.51. The number of hydrogen-bond donors (Lipinski definition) is 0. The number of carbonyl (C=O) groups excluding carboxylic acids is 1. The summed E-state index contributed by atoms with van der Waals surface area (Å²) >= 11 is 18.9. The van der Waals surface area contributed by atoms with Crippen molar-refractivity contribution < 1.29 is 14.3 Å². The summed E-state index contributed by atoms with van der Waals surface area (Å²) in [5.74, 6) is 0.961. The van der Waals surface area contributed by atoms with E-state index in [1.54, 1.807) is 36.3 Å². The smallest absolute Gasteiger partial charge is 0.270 e. The van der Waals surface area contributed by atoms with Crippen molar-refractivity contribution in [1.82, 2.24) is 0 Å². The molecule has 0 bridgehead atoms. The molecule has 0 aromatic heterocycles. The van der Waals surface area contributed by atoms with Crippen LogP contribution in [0.5, 0.6) is 11.5 Å². The molecule has 1 aliphatic heterocycles. The van der Waals surface area contributed by atoms with Crippen LogP contribution in [0.15, 0.2) is 65.6 Å². The predicted octanol–water partition coefficient (Wildman–Crippen LogP) is 7.30. The molecule has 4 rings (SSSR count). The van der Waals surface area contributed by atoms with E-state index in [9.17, 15) is 4.79 Å². The van der Waals surface area contributed by atoms with Crippen LogP contribution in [0, 0.1) is 6.92 Å². The number of anilines is 1. The Morgan fingerprint density at radius 2 is 1.88 bits per heavy atom. The highest BCUT2D eigenvalue weighted by molar-refractivity contribution is 8.27. The van der Waals surface area contributed by atoms with Gasteiger partial charge in [-0.05, 0) is 60.5 Å². The number of halogens is 2. The summed E-state index contributed by atoms with van der Waals surface area (Å²) in [7, 11) is 1.57. The van der Waals surface area contributed by atoms with Gasteiger partial charge >= 0.3 is 0 Å². The van der Waals surface area contributed by atoms with Crippen LogP contribution in [0.2, 0.25) is 10.0 Å². The van der Waals surface area contributed by atoms with Crippen molar-refractivity contribution in [3.63, 3.8) is 0 Å². The lowest BCUT2D eigenvalue weighted by Crippen LogP contribution is -2.27. The fourth-order valence-corrected chi connectivity index (χ4v) is 5.06. The summed E-state index contributed by atoms with van der Waals surface area (Å²) in [6.07, 6.45) is 1.80. The SMILES string of the molecule is COc1cc(/C=C2\SC(=S)N(c3cccc(C)c3)C2=O)ccc1OCc1ccc(Cl)cc1Cl. The molecule has 0 spiro atoms. The van der Waals surface area contributed by atoms with Gasteiger partial charge in [0, 0.05) is 15.6 Å². The molecular formula is C25H19Cl2NO3S2. The number of hydrogen-bond acceptors (Lipinski definition) is 5. The first kappa shape index (κ1) is 23.6. The molecule has 0 saturated carbocycles. The molecule has 1 fully saturated rings. The molecular weight excluding hydrogens is 497 g/mol. The zero-order valence-electron chi connectivity index (χ0n) is 17.8. The summed E-state index contributed by atoms with van der Waals surface area (Å²) in [5.41, 5.74) is 3.44. The third kappa shape index (κ3) is 5.36. The highest BCUT2D eigenvalue weighted by atomic mass is 35.5. The highest BCUT2D eigenvalue weighted by Crippen LogP contribution is 2.37. The minimum Gasteiger partial charge on any atom is -0.493 e. The van der Waals surface area contributed by atoms with Crippen LogP contribution < -0.4 is 14.4 Å². The third-order valence-corrected chi connectivity index (χ3v) is 6.83. The van der Waals surface area contributed by atoms with Gasteiger partial charge in [-0.3, -0.25) is 9.69 Å². The summed E-state index contributed by atoms with van der Waals surface area (Å²) in [6.45, 7) is 2.24. The van der Waals surface area contributed by atoms with E-state index in [4.69, 9.17) is 44.9 Å². The number of methoxy groups -OCH3 is 1. The van der Waals surface area contributed by atoms with Crippen LogP contribution in [-0.4, -0.2) is 17.3 Å². The fraction of sp³-hybridized carbons (Fsp3) is 0.120. The van der Waals surface area contributed by atoms with Crippen molar-refractivity contribution in [1.29, 1.82) is 0 Å². The minimum absolute atomic E-state index is 0.146. The van der Waals surface area contributed by atoms with Crippen molar-refractivity contribution in [3.05, 3.63) is 92.3 Å². The lowest BCUT2D eigenvalue weighted by Gasteiger charge is -2.15. The number of thiocarbonyl (C=S) groups is 1. The van der Waals surface area contributed by atoms with Gasteiger partial charge in [0.05, 0.1) is 17.7 Å². The van der Waals surface area contributed by atoms with Gasteiger partial charge in [0.2, 0.25) is 0 Å². The Morgan fingerprint density at radius 3 is 2.61 bits per heavy atom. The molecule has 0 atom stereocenters. The molecule has 1 heterocycles. The minimum atomic E-state index is -0.146. The number of ether oxygens (including phenoxy) is 2. The van der Waals surface area contributed by atoms with Gasteiger partial charge in [0.1, 0.15) is 6.61 Å². The number of carbonyl (C=O) groups is 1. The Bertz CT molecular complexity index is 1280. The van der Waals surface area contributed by atoms with Gasteiger partial charge in [-0.25, -0.2) is 0 Å². The monoisotopic (exact) mass is 515 g/mol. The van der Waals surface area contributed by atoms with E-state index in [1.165, 1.54) is 11.8 Å². The number of aryl methyl sites for hydroxylation is 1. The van der Waals surface area contributed by atoms with Gasteiger partial charge in [-0.1, -0.05) is 71.4 Å². The number of amides is 1. The van der Waals surface area contributed by atoms with Gasteiger partial charge in [0.25, 0.3) is 5.91 Å². The summed E-state index contributed by atoms with van der Waals surface area (Å²) in [4.78, 5) is 15.1. The van der Waals surface area contributed by atoms with E-state index in [0.717, 1.165) is 22.4 Å². The molecule has 1 amide bonds. The van der Waals surface area contributed by atoms with Crippen LogP contribution in [0.25, 0.3) is 6.08 Å². The summed E-state index contributed by atoms with van der Waals surface area (Å²) in [6, 6.07) is 18.4. The van der Waals surface area contributed by atoms with E-state index < -0.39 is 0 Å². The molecule has 3 aromatic carbocycles. The quantitative estimate of drug-likeness (QED) is 0.254. The number of nitrogens with zero attached hydrogens (tertiary/aromatic N) is 1. The molecule has 0 unspecified atom stereocenters. The molecule has 168 valence electrons. The van der Waals surface area contributed by atoms with E-state index >= 15 is 0 Å². The van der Waals surface area contributed by atoms with Crippen molar-refractivity contribution in [2.75, 3.05) is 12.0 Å². The van der Waals surface area contributed by atoms with Crippen molar-refractivity contribution in [3.8, 4) is 11.5 Å². The Morgan fingerprint density at radius 1 is 1.06 bits per heavy atom. The average Bonchev–Trinajstić information content (AvgIpc) is 3.06. The van der Waals surface area contributed by atoms with Gasteiger partial charge in [-0.15, -0.1) is 0 Å². The average molecular weight is 516 g/mol. The van der Waals surface area contributed by atoms with Crippen LogP contribution in [-0.2, 0) is 11.4 Å². The van der Waals surface area contributed by atoms with Gasteiger partial charge in [-0.2, -0.15) is 0 Å². The van der Waals surface area contributed by atoms with Crippen LogP contribution in [0.4, 0.5) is 5.69 Å². The lowest BCUT2D eigenvalue weighted by atomic mass is 10.1. The molecule has 0 N–H and O–H groups in total. The zero-order valence-corrected chi connectivity index (χ0v) is 20.9. The van der Waals surface area contributed by atoms with E-state index in [1.807, 2.05) is 49.4 Å². The Balaban J connectivity index is 1.54. The van der Waals surface area contributed by atoms with E-state index in [-0.39, 0.29) is 12.5 Å². The second-order valence-electron chi connectivity index (χ2n) is 7.29. The zero-order chi connectivity index (χ0) is 23.5. The maximum atomic E-state index is 13.0. The lowest BCUT2D eigenvalue weighted by molar-refractivity contribution is -0.113. The van der Waals surface area contributed by atoms with E-state index in [0.29, 0.717) is 30.8 Å². The normalized spacial score (nSPS) is 14.8. The van der Waals surface area contributed by atoms with Gasteiger partial charge < -0.3 is 9.47 Å². The molecule has 1 aliphatic rings. The first-order chi connectivity index (χ1) is 15.9. The highest BCUT2D eigenvalue weighted by Gasteiger charge is 2.33. The first-order valence-electron chi connectivity index (χ1n) is 9.95. The predicted molar refractivity (Wildman–Crippen MR) is 141 cm³/mol. The van der Waals surface area contributed by atoms with Crippen LogP contribution >= 0.6 is 47.2 Å². The molecule has 33 heavy (non-hydrogen) atoms. The molecule has 8 heteroatoms. The third-order valence-electron chi connectivity index (χ3n) is 4.94. The van der Waals surface area contributed by atoms with Crippen LogP contribution in [0.1, 0.15) is 16.7 Å².